The van der Waals surface area contributed by atoms with Gasteiger partial charge in [-0.25, -0.2) is 4.98 Å². The summed E-state index contributed by atoms with van der Waals surface area (Å²) in [6, 6.07) is 9.65. The van der Waals surface area contributed by atoms with Gasteiger partial charge in [-0.2, -0.15) is 4.98 Å². The quantitative estimate of drug-likeness (QED) is 0.701. The lowest BCUT2D eigenvalue weighted by Gasteiger charge is -2.17. The molecule has 0 saturated heterocycles. The Morgan fingerprint density at radius 2 is 1.86 bits per heavy atom. The lowest BCUT2D eigenvalue weighted by Crippen LogP contribution is -2.16. The fourth-order valence-electron chi connectivity index (χ4n) is 1.79. The maximum atomic E-state index is 5.95. The maximum absolute atomic E-state index is 5.95. The summed E-state index contributed by atoms with van der Waals surface area (Å²) in [5.41, 5.74) is 0.886. The Morgan fingerprint density at radius 3 is 2.52 bits per heavy atom. The number of hydrogen-bond donors (Lipinski definition) is 0. The van der Waals surface area contributed by atoms with Gasteiger partial charge in [0.2, 0.25) is 5.88 Å². The third-order valence-corrected chi connectivity index (χ3v) is 3.23. The van der Waals surface area contributed by atoms with Gasteiger partial charge >= 0.3 is 0 Å². The summed E-state index contributed by atoms with van der Waals surface area (Å²) < 4.78 is 6.67. The van der Waals surface area contributed by atoms with Gasteiger partial charge in [0, 0.05) is 17.0 Å². The third kappa shape index (κ3) is 4.14. The van der Waals surface area contributed by atoms with E-state index < -0.39 is 0 Å². The minimum absolute atomic E-state index is 0.134. The number of halogens is 1. The molecule has 21 heavy (non-hydrogen) atoms. The first-order chi connectivity index (χ1) is 9.90. The van der Waals surface area contributed by atoms with Crippen LogP contribution in [0.15, 0.2) is 41.0 Å². The molecule has 110 valence electrons. The average Bonchev–Trinajstić information content (AvgIpc) is 2.40. The molecule has 3 nitrogen and oxygen atoms in total. The molecule has 1 heterocycles. The maximum Gasteiger partial charge on any atom is 0.223 e. The van der Waals surface area contributed by atoms with E-state index in [1.54, 1.807) is 6.07 Å². The van der Waals surface area contributed by atoms with E-state index in [4.69, 9.17) is 4.74 Å². The van der Waals surface area contributed by atoms with Crippen molar-refractivity contribution in [3.05, 3.63) is 52.4 Å². The van der Waals surface area contributed by atoms with E-state index in [2.05, 4.69) is 46.7 Å². The van der Waals surface area contributed by atoms with E-state index in [-0.39, 0.29) is 5.41 Å². The molecule has 2 rings (SSSR count). The SMILES string of the molecule is C/C=C/c1ccccc1Oc1cc(Br)nc(C(C)(C)C)n1. The molecular formula is C17H19BrN2O. The number of ether oxygens (including phenoxy) is 1. The number of para-hydroxylation sites is 1. The van der Waals surface area contributed by atoms with Gasteiger partial charge in [-0.05, 0) is 28.9 Å². The number of aromatic nitrogens is 2. The van der Waals surface area contributed by atoms with Crippen molar-refractivity contribution in [2.45, 2.75) is 33.1 Å². The lowest BCUT2D eigenvalue weighted by molar-refractivity contribution is 0.444. The Bertz CT molecular complexity index is 660. The summed E-state index contributed by atoms with van der Waals surface area (Å²) in [6.45, 7) is 8.21. The molecule has 0 amide bonds. The van der Waals surface area contributed by atoms with Gasteiger partial charge in [-0.3, -0.25) is 0 Å². The highest BCUT2D eigenvalue weighted by Gasteiger charge is 2.19. The molecule has 4 heteroatoms. The van der Waals surface area contributed by atoms with Gasteiger partial charge in [0.25, 0.3) is 0 Å². The summed E-state index contributed by atoms with van der Waals surface area (Å²) in [6.07, 6.45) is 3.99. The highest BCUT2D eigenvalue weighted by atomic mass is 79.9. The van der Waals surface area contributed by atoms with Gasteiger partial charge in [-0.1, -0.05) is 51.1 Å². The molecule has 0 unspecified atom stereocenters. The van der Waals surface area contributed by atoms with Crippen molar-refractivity contribution in [2.24, 2.45) is 0 Å². The normalized spacial score (nSPS) is 11.9. The fraction of sp³-hybridized carbons (Fsp3) is 0.294. The molecule has 0 bridgehead atoms. The van der Waals surface area contributed by atoms with Gasteiger partial charge < -0.3 is 4.74 Å². The van der Waals surface area contributed by atoms with E-state index >= 15 is 0 Å². The second-order valence-corrected chi connectivity index (χ2v) is 6.55. The molecular weight excluding hydrogens is 328 g/mol. The Balaban J connectivity index is 2.38. The van der Waals surface area contributed by atoms with E-state index in [1.807, 2.05) is 43.3 Å². The van der Waals surface area contributed by atoms with E-state index in [9.17, 15) is 0 Å². The van der Waals surface area contributed by atoms with Gasteiger partial charge in [-0.15, -0.1) is 0 Å². The van der Waals surface area contributed by atoms with Crippen molar-refractivity contribution in [1.29, 1.82) is 0 Å². The highest BCUT2D eigenvalue weighted by molar-refractivity contribution is 9.10. The number of rotatable bonds is 3. The molecule has 0 spiro atoms. The second kappa shape index (κ2) is 6.39. The summed E-state index contributed by atoms with van der Waals surface area (Å²) in [5.74, 6) is 2.07. The molecule has 0 fully saturated rings. The molecule has 0 aliphatic carbocycles. The van der Waals surface area contributed by atoms with Crippen LogP contribution in [-0.4, -0.2) is 9.97 Å². The molecule has 0 aliphatic rings. The highest BCUT2D eigenvalue weighted by Crippen LogP contribution is 2.28. The molecule has 0 saturated carbocycles. The smallest absolute Gasteiger partial charge is 0.223 e. The predicted molar refractivity (Wildman–Crippen MR) is 89.7 cm³/mol. The van der Waals surface area contributed by atoms with Crippen LogP contribution in [0.5, 0.6) is 11.6 Å². The Morgan fingerprint density at radius 1 is 1.14 bits per heavy atom. The van der Waals surface area contributed by atoms with Crippen molar-refractivity contribution >= 4 is 22.0 Å². The molecule has 1 aromatic heterocycles. The monoisotopic (exact) mass is 346 g/mol. The average molecular weight is 347 g/mol. The minimum atomic E-state index is -0.134. The largest absolute Gasteiger partial charge is 0.438 e. The molecule has 1 aromatic carbocycles. The number of nitrogens with zero attached hydrogens (tertiary/aromatic N) is 2. The van der Waals surface area contributed by atoms with Crippen LogP contribution in [0.3, 0.4) is 0 Å². The summed E-state index contributed by atoms with van der Waals surface area (Å²) in [4.78, 5) is 8.93. The third-order valence-electron chi connectivity index (χ3n) is 2.82. The van der Waals surface area contributed by atoms with Crippen LogP contribution in [0, 0.1) is 0 Å². The number of hydrogen-bond acceptors (Lipinski definition) is 3. The summed E-state index contributed by atoms with van der Waals surface area (Å²) in [5, 5.41) is 0. The van der Waals surface area contributed by atoms with Crippen LogP contribution >= 0.6 is 15.9 Å². The van der Waals surface area contributed by atoms with E-state index in [0.717, 1.165) is 21.7 Å². The Hall–Kier alpha value is -1.68. The second-order valence-electron chi connectivity index (χ2n) is 5.74. The topological polar surface area (TPSA) is 35.0 Å². The van der Waals surface area contributed by atoms with Crippen LogP contribution in [0.25, 0.3) is 6.08 Å². The Kier molecular flexibility index (Phi) is 4.78. The number of benzene rings is 1. The van der Waals surface area contributed by atoms with Crippen LogP contribution in [-0.2, 0) is 5.41 Å². The van der Waals surface area contributed by atoms with Crippen LogP contribution < -0.4 is 4.74 Å². The zero-order valence-electron chi connectivity index (χ0n) is 12.7. The van der Waals surface area contributed by atoms with Crippen molar-refractivity contribution < 1.29 is 4.74 Å². The van der Waals surface area contributed by atoms with Crippen molar-refractivity contribution in [1.82, 2.24) is 9.97 Å². The molecule has 2 aromatic rings. The van der Waals surface area contributed by atoms with Gasteiger partial charge in [0.1, 0.15) is 16.2 Å². The molecule has 0 N–H and O–H groups in total. The first-order valence-corrected chi connectivity index (χ1v) is 7.64. The first kappa shape index (κ1) is 15.7. The van der Waals surface area contributed by atoms with E-state index in [1.165, 1.54) is 0 Å². The number of allylic oxidation sites excluding steroid dienone is 1. The van der Waals surface area contributed by atoms with Gasteiger partial charge in [0.05, 0.1) is 0 Å². The van der Waals surface area contributed by atoms with E-state index in [0.29, 0.717) is 5.88 Å². The Labute approximate surface area is 134 Å². The molecule has 0 aliphatic heterocycles. The van der Waals surface area contributed by atoms with Crippen molar-refractivity contribution in [3.8, 4) is 11.6 Å². The first-order valence-electron chi connectivity index (χ1n) is 6.85. The molecule has 0 radical (unpaired) electrons. The zero-order valence-corrected chi connectivity index (χ0v) is 14.3. The molecule has 0 atom stereocenters. The van der Waals surface area contributed by atoms with Crippen molar-refractivity contribution in [2.75, 3.05) is 0 Å². The fourth-order valence-corrected chi connectivity index (χ4v) is 2.15. The lowest BCUT2D eigenvalue weighted by atomic mass is 9.96. The van der Waals surface area contributed by atoms with Crippen LogP contribution in [0.2, 0.25) is 0 Å². The van der Waals surface area contributed by atoms with Crippen molar-refractivity contribution in [3.63, 3.8) is 0 Å². The van der Waals surface area contributed by atoms with Crippen LogP contribution in [0.1, 0.15) is 39.1 Å². The summed E-state index contributed by atoms with van der Waals surface area (Å²) >= 11 is 3.42. The standard InChI is InChI=1S/C17H19BrN2O/c1-5-8-12-9-6-7-10-13(12)21-15-11-14(18)19-16(20-15)17(2,3)4/h5-11H,1-4H3/b8-5+. The van der Waals surface area contributed by atoms with Gasteiger partial charge in [0.15, 0.2) is 0 Å². The summed E-state index contributed by atoms with van der Waals surface area (Å²) in [7, 11) is 0. The predicted octanol–water partition coefficient (Wildman–Crippen LogP) is 5.36. The minimum Gasteiger partial charge on any atom is -0.438 e. The van der Waals surface area contributed by atoms with Crippen LogP contribution in [0.4, 0.5) is 0 Å². The zero-order chi connectivity index (χ0) is 15.5.